The Hall–Kier alpha value is -2.53. The molecule has 2 aromatic carbocycles. The van der Waals surface area contributed by atoms with Crippen molar-refractivity contribution >= 4 is 5.91 Å². The van der Waals surface area contributed by atoms with Gasteiger partial charge in [-0.15, -0.1) is 0 Å². The molecule has 2 aliphatic heterocycles. The van der Waals surface area contributed by atoms with Gasteiger partial charge in [0.25, 0.3) is 0 Å². The Balaban J connectivity index is 1.50. The molecule has 3 unspecified atom stereocenters. The molecule has 0 spiro atoms. The third-order valence-corrected chi connectivity index (χ3v) is 6.82. The second-order valence-electron chi connectivity index (χ2n) is 8.51. The van der Waals surface area contributed by atoms with Gasteiger partial charge in [-0.05, 0) is 42.5 Å². The van der Waals surface area contributed by atoms with Crippen molar-refractivity contribution in [3.8, 4) is 11.5 Å². The average molecular weight is 393 g/mol. The Morgan fingerprint density at radius 3 is 2.76 bits per heavy atom. The van der Waals surface area contributed by atoms with E-state index in [0.717, 1.165) is 48.3 Å². The van der Waals surface area contributed by atoms with E-state index < -0.39 is 5.60 Å². The average Bonchev–Trinajstić information content (AvgIpc) is 3.21. The van der Waals surface area contributed by atoms with Crippen LogP contribution >= 0.6 is 0 Å². The first-order valence-electron chi connectivity index (χ1n) is 10.6. The summed E-state index contributed by atoms with van der Waals surface area (Å²) >= 11 is 0. The van der Waals surface area contributed by atoms with E-state index in [2.05, 4.69) is 0 Å². The molecular formula is C24H27NO4. The first kappa shape index (κ1) is 18.5. The largest absolute Gasteiger partial charge is 0.454 e. The number of rotatable bonds is 3. The molecule has 1 aliphatic carbocycles. The van der Waals surface area contributed by atoms with E-state index in [9.17, 15) is 9.90 Å². The second-order valence-corrected chi connectivity index (χ2v) is 8.51. The van der Waals surface area contributed by atoms with Crippen molar-refractivity contribution in [2.75, 3.05) is 13.3 Å². The molecule has 0 radical (unpaired) electrons. The minimum atomic E-state index is -0.692. The first-order chi connectivity index (χ1) is 14.1. The second kappa shape index (κ2) is 7.38. The molecule has 29 heavy (non-hydrogen) atoms. The number of benzene rings is 2. The van der Waals surface area contributed by atoms with Gasteiger partial charge in [0.15, 0.2) is 11.5 Å². The summed E-state index contributed by atoms with van der Waals surface area (Å²) in [5.74, 6) is 1.63. The number of fused-ring (bicyclic) bond motifs is 2. The normalized spacial score (nSPS) is 28.1. The molecule has 3 aliphatic rings. The van der Waals surface area contributed by atoms with Crippen LogP contribution in [-0.4, -0.2) is 34.9 Å². The van der Waals surface area contributed by atoms with Crippen LogP contribution in [0.4, 0.5) is 0 Å². The summed E-state index contributed by atoms with van der Waals surface area (Å²) < 4.78 is 11.1. The van der Waals surface area contributed by atoms with E-state index in [1.54, 1.807) is 0 Å². The van der Waals surface area contributed by atoms with Crippen LogP contribution in [0.15, 0.2) is 48.5 Å². The Kier molecular flexibility index (Phi) is 4.70. The molecular weight excluding hydrogens is 366 g/mol. The van der Waals surface area contributed by atoms with Crippen molar-refractivity contribution in [2.24, 2.45) is 5.92 Å². The number of amides is 1. The highest BCUT2D eigenvalue weighted by molar-refractivity contribution is 5.79. The minimum Gasteiger partial charge on any atom is -0.454 e. The maximum Gasteiger partial charge on any atom is 0.231 e. The number of piperidine rings is 1. The highest BCUT2D eigenvalue weighted by atomic mass is 16.7. The van der Waals surface area contributed by atoms with Crippen molar-refractivity contribution < 1.29 is 19.4 Å². The molecule has 3 atom stereocenters. The molecule has 2 fully saturated rings. The molecule has 2 heterocycles. The minimum absolute atomic E-state index is 0.0464. The molecule has 5 nitrogen and oxygen atoms in total. The van der Waals surface area contributed by atoms with Gasteiger partial charge in [-0.2, -0.15) is 0 Å². The fourth-order valence-electron chi connectivity index (χ4n) is 5.34. The van der Waals surface area contributed by atoms with Crippen LogP contribution in [-0.2, 0) is 11.2 Å². The summed E-state index contributed by atoms with van der Waals surface area (Å²) in [6.07, 6.45) is 4.93. The van der Waals surface area contributed by atoms with Crippen LogP contribution in [0.3, 0.4) is 0 Å². The van der Waals surface area contributed by atoms with Gasteiger partial charge in [0.2, 0.25) is 12.7 Å². The predicted molar refractivity (Wildman–Crippen MR) is 109 cm³/mol. The zero-order chi connectivity index (χ0) is 19.8. The maximum absolute atomic E-state index is 13.4. The van der Waals surface area contributed by atoms with Crippen LogP contribution < -0.4 is 9.47 Å². The fourth-order valence-corrected chi connectivity index (χ4v) is 5.34. The van der Waals surface area contributed by atoms with Gasteiger partial charge < -0.3 is 19.5 Å². The summed E-state index contributed by atoms with van der Waals surface area (Å²) in [5, 5.41) is 11.4. The summed E-state index contributed by atoms with van der Waals surface area (Å²) in [4.78, 5) is 15.3. The predicted octanol–water partition coefficient (Wildman–Crippen LogP) is 3.85. The van der Waals surface area contributed by atoms with Crippen molar-refractivity contribution in [3.63, 3.8) is 0 Å². The zero-order valence-corrected chi connectivity index (χ0v) is 16.5. The van der Waals surface area contributed by atoms with Crippen molar-refractivity contribution in [1.29, 1.82) is 0 Å². The van der Waals surface area contributed by atoms with Crippen molar-refractivity contribution in [3.05, 3.63) is 59.7 Å². The van der Waals surface area contributed by atoms with E-state index >= 15 is 0 Å². The van der Waals surface area contributed by atoms with Gasteiger partial charge in [0.1, 0.15) is 0 Å². The van der Waals surface area contributed by atoms with Crippen LogP contribution in [0.25, 0.3) is 0 Å². The Bertz CT molecular complexity index is 899. The highest BCUT2D eigenvalue weighted by Crippen LogP contribution is 2.50. The molecule has 0 aromatic heterocycles. The van der Waals surface area contributed by atoms with E-state index in [4.69, 9.17) is 9.47 Å². The lowest BCUT2D eigenvalue weighted by molar-refractivity contribution is -0.154. The van der Waals surface area contributed by atoms with Crippen LogP contribution in [0, 0.1) is 5.92 Å². The molecule has 5 rings (SSSR count). The van der Waals surface area contributed by atoms with E-state index in [0.29, 0.717) is 19.4 Å². The van der Waals surface area contributed by atoms with Crippen LogP contribution in [0.1, 0.15) is 49.3 Å². The Morgan fingerprint density at radius 1 is 1.07 bits per heavy atom. The number of likely N-dealkylation sites (tertiary alicyclic amines) is 1. The summed E-state index contributed by atoms with van der Waals surface area (Å²) in [6.45, 7) is 0.811. The lowest BCUT2D eigenvalue weighted by Crippen LogP contribution is -2.56. The molecule has 0 bridgehead atoms. The molecule has 1 saturated heterocycles. The summed E-state index contributed by atoms with van der Waals surface area (Å²) in [7, 11) is 0. The molecule has 2 aromatic rings. The van der Waals surface area contributed by atoms with Crippen LogP contribution in [0.5, 0.6) is 11.5 Å². The number of aliphatic hydroxyl groups is 1. The zero-order valence-electron chi connectivity index (χ0n) is 16.5. The Morgan fingerprint density at radius 2 is 1.90 bits per heavy atom. The standard InChI is InChI=1S/C24H27NO4/c26-22(14-17-6-2-1-3-7-17)25-13-12-24(27)11-5-4-8-19(24)23(25)18-9-10-20-21(15-18)29-16-28-20/h1-3,6-7,9-10,15,19,23,27H,4-5,8,11-14,16H2. The first-order valence-corrected chi connectivity index (χ1v) is 10.6. The number of hydrogen-bond donors (Lipinski definition) is 1. The third-order valence-electron chi connectivity index (χ3n) is 6.82. The summed E-state index contributed by atoms with van der Waals surface area (Å²) in [5.41, 5.74) is 1.36. The van der Waals surface area contributed by atoms with Crippen molar-refractivity contribution in [2.45, 2.75) is 50.2 Å². The van der Waals surface area contributed by atoms with Gasteiger partial charge in [0.05, 0.1) is 18.1 Å². The number of ether oxygens (including phenoxy) is 2. The molecule has 5 heteroatoms. The third kappa shape index (κ3) is 3.38. The van der Waals surface area contributed by atoms with Crippen molar-refractivity contribution in [1.82, 2.24) is 4.90 Å². The molecule has 152 valence electrons. The number of carbonyl (C=O) groups excluding carboxylic acids is 1. The monoisotopic (exact) mass is 393 g/mol. The molecule has 1 N–H and O–H groups in total. The Labute approximate surface area is 171 Å². The van der Waals surface area contributed by atoms with E-state index in [1.807, 2.05) is 53.4 Å². The lowest BCUT2D eigenvalue weighted by Gasteiger charge is -2.52. The van der Waals surface area contributed by atoms with Gasteiger partial charge in [-0.1, -0.05) is 49.2 Å². The SMILES string of the molecule is O=C(Cc1ccccc1)N1CCC2(O)CCCCC2C1c1ccc2c(c1)OCO2. The number of carbonyl (C=O) groups is 1. The highest BCUT2D eigenvalue weighted by Gasteiger charge is 2.50. The molecule has 1 amide bonds. The topological polar surface area (TPSA) is 59.0 Å². The van der Waals surface area contributed by atoms with E-state index in [1.165, 1.54) is 0 Å². The maximum atomic E-state index is 13.4. The van der Waals surface area contributed by atoms with Crippen LogP contribution in [0.2, 0.25) is 0 Å². The van der Waals surface area contributed by atoms with Gasteiger partial charge in [-0.3, -0.25) is 4.79 Å². The smallest absolute Gasteiger partial charge is 0.231 e. The lowest BCUT2D eigenvalue weighted by atomic mass is 9.66. The number of hydrogen-bond acceptors (Lipinski definition) is 4. The quantitative estimate of drug-likeness (QED) is 0.861. The number of nitrogens with zero attached hydrogens (tertiary/aromatic N) is 1. The fraction of sp³-hybridized carbons (Fsp3) is 0.458. The van der Waals surface area contributed by atoms with Gasteiger partial charge in [0, 0.05) is 12.5 Å². The van der Waals surface area contributed by atoms with Gasteiger partial charge >= 0.3 is 0 Å². The van der Waals surface area contributed by atoms with E-state index in [-0.39, 0.29) is 24.7 Å². The molecule has 1 saturated carbocycles. The van der Waals surface area contributed by atoms with Gasteiger partial charge in [-0.25, -0.2) is 0 Å². The summed E-state index contributed by atoms with van der Waals surface area (Å²) in [6, 6.07) is 15.7.